The van der Waals surface area contributed by atoms with Crippen molar-refractivity contribution in [3.8, 4) is 0 Å². The van der Waals surface area contributed by atoms with Crippen molar-refractivity contribution in [2.75, 3.05) is 0 Å². The molecule has 0 bridgehead atoms. The fourth-order valence-corrected chi connectivity index (χ4v) is 0. The molecule has 0 aliphatic rings. The third kappa shape index (κ3) is 123. The first kappa shape index (κ1) is 12.3. The van der Waals surface area contributed by atoms with Gasteiger partial charge in [-0.15, -0.1) is 6.58 Å². The Kier molecular flexibility index (Phi) is 6.72. The van der Waals surface area contributed by atoms with Crippen LogP contribution >= 0.6 is 0 Å². The van der Waals surface area contributed by atoms with Gasteiger partial charge in [0, 0.05) is 0 Å². The highest BCUT2D eigenvalue weighted by Crippen LogP contribution is 1.93. The van der Waals surface area contributed by atoms with Crippen LogP contribution in [0.5, 0.6) is 0 Å². The van der Waals surface area contributed by atoms with Crippen LogP contribution in [0.3, 0.4) is 0 Å². The number of hydrogen-bond acceptors (Lipinski definition) is 2. The maximum atomic E-state index is 8.52. The van der Waals surface area contributed by atoms with Gasteiger partial charge in [-0.25, -0.2) is 0 Å². The second-order valence-electron chi connectivity index (χ2n) is 3.15. The molecular formula is C8H18O2. The Bertz CT molecular complexity index is 73.7. The van der Waals surface area contributed by atoms with Crippen LogP contribution in [0, 0.1) is 0 Å². The van der Waals surface area contributed by atoms with Crippen molar-refractivity contribution in [1.82, 2.24) is 0 Å². The highest BCUT2D eigenvalue weighted by Gasteiger charge is 1.97. The highest BCUT2D eigenvalue weighted by atomic mass is 16.3. The van der Waals surface area contributed by atoms with Crippen LogP contribution in [-0.2, 0) is 0 Å². The van der Waals surface area contributed by atoms with Gasteiger partial charge >= 0.3 is 0 Å². The average molecular weight is 146 g/mol. The van der Waals surface area contributed by atoms with Crippen molar-refractivity contribution >= 4 is 0 Å². The van der Waals surface area contributed by atoms with E-state index in [0.29, 0.717) is 0 Å². The molecule has 0 spiro atoms. The van der Waals surface area contributed by atoms with Gasteiger partial charge in [-0.3, -0.25) is 0 Å². The normalized spacial score (nSPS) is 13.0. The third-order valence-corrected chi connectivity index (χ3v) is 0.341. The molecule has 0 saturated carbocycles. The van der Waals surface area contributed by atoms with Crippen LogP contribution in [0.2, 0.25) is 0 Å². The first-order chi connectivity index (χ1) is 4.27. The zero-order chi connectivity index (χ0) is 8.78. The minimum Gasteiger partial charge on any atom is -0.391 e. The summed E-state index contributed by atoms with van der Waals surface area (Å²) in [5, 5.41) is 16.8. The molecule has 2 nitrogen and oxygen atoms in total. The summed E-state index contributed by atoms with van der Waals surface area (Å²) in [5.41, 5.74) is -0.500. The van der Waals surface area contributed by atoms with Gasteiger partial charge in [0.05, 0.1) is 11.7 Å². The van der Waals surface area contributed by atoms with Gasteiger partial charge in [0.25, 0.3) is 0 Å². The molecule has 0 aliphatic carbocycles. The van der Waals surface area contributed by atoms with E-state index in [1.165, 1.54) is 6.08 Å². The highest BCUT2D eigenvalue weighted by molar-refractivity contribution is 4.72. The fourth-order valence-electron chi connectivity index (χ4n) is 0. The Morgan fingerprint density at radius 3 is 1.50 bits per heavy atom. The van der Waals surface area contributed by atoms with Gasteiger partial charge in [-0.1, -0.05) is 6.08 Å². The predicted octanol–water partition coefficient (Wildman–Crippen LogP) is 1.33. The van der Waals surface area contributed by atoms with E-state index in [2.05, 4.69) is 6.58 Å². The van der Waals surface area contributed by atoms with Crippen molar-refractivity contribution in [1.29, 1.82) is 0 Å². The Balaban J connectivity index is 0. The van der Waals surface area contributed by atoms with Crippen LogP contribution in [0.25, 0.3) is 0 Å². The molecule has 0 aliphatic heterocycles. The van der Waals surface area contributed by atoms with E-state index in [0.717, 1.165) is 0 Å². The summed E-state index contributed by atoms with van der Waals surface area (Å²) in [4.78, 5) is 0. The molecule has 62 valence electrons. The molecule has 0 aromatic rings. The van der Waals surface area contributed by atoms with Gasteiger partial charge in [-0.2, -0.15) is 0 Å². The maximum Gasteiger partial charge on any atom is 0.0690 e. The van der Waals surface area contributed by atoms with Crippen molar-refractivity contribution in [2.24, 2.45) is 0 Å². The SMILES string of the molecule is C=CC(C)O.CC(C)(C)O. The Labute approximate surface area is 63.2 Å². The smallest absolute Gasteiger partial charge is 0.0690 e. The molecule has 0 saturated heterocycles. The second kappa shape index (κ2) is 5.45. The molecule has 0 amide bonds. The lowest BCUT2D eigenvalue weighted by atomic mass is 10.2. The van der Waals surface area contributed by atoms with Crippen LogP contribution in [0.1, 0.15) is 27.7 Å². The largest absolute Gasteiger partial charge is 0.391 e. The van der Waals surface area contributed by atoms with E-state index in [1.807, 2.05) is 0 Å². The topological polar surface area (TPSA) is 40.5 Å². The number of aliphatic hydroxyl groups excluding tert-OH is 1. The molecule has 1 atom stereocenters. The first-order valence-corrected chi connectivity index (χ1v) is 3.30. The Morgan fingerprint density at radius 1 is 1.40 bits per heavy atom. The molecule has 0 aromatic heterocycles. The van der Waals surface area contributed by atoms with Crippen molar-refractivity contribution in [3.05, 3.63) is 12.7 Å². The lowest BCUT2D eigenvalue weighted by molar-refractivity contribution is 0.102. The maximum absolute atomic E-state index is 8.52. The third-order valence-electron chi connectivity index (χ3n) is 0.341. The molecule has 0 rings (SSSR count). The summed E-state index contributed by atoms with van der Waals surface area (Å²) in [7, 11) is 0. The lowest BCUT2D eigenvalue weighted by Crippen LogP contribution is -2.10. The monoisotopic (exact) mass is 146 g/mol. The van der Waals surface area contributed by atoms with Gasteiger partial charge < -0.3 is 10.2 Å². The quantitative estimate of drug-likeness (QED) is 0.548. The van der Waals surface area contributed by atoms with E-state index in [9.17, 15) is 0 Å². The summed E-state index contributed by atoms with van der Waals surface area (Å²) in [6, 6.07) is 0. The summed E-state index contributed by atoms with van der Waals surface area (Å²) in [5.74, 6) is 0. The second-order valence-corrected chi connectivity index (χ2v) is 3.15. The molecule has 1 unspecified atom stereocenters. The van der Waals surface area contributed by atoms with Gasteiger partial charge in [0.1, 0.15) is 0 Å². The molecule has 0 heterocycles. The van der Waals surface area contributed by atoms with E-state index in [1.54, 1.807) is 27.7 Å². The van der Waals surface area contributed by atoms with Gasteiger partial charge in [-0.05, 0) is 27.7 Å². The summed E-state index contributed by atoms with van der Waals surface area (Å²) >= 11 is 0. The van der Waals surface area contributed by atoms with Gasteiger partial charge in [0.15, 0.2) is 0 Å². The van der Waals surface area contributed by atoms with Crippen LogP contribution in [0.4, 0.5) is 0 Å². The number of rotatable bonds is 1. The summed E-state index contributed by atoms with van der Waals surface area (Å²) < 4.78 is 0. The summed E-state index contributed by atoms with van der Waals surface area (Å²) in [6.45, 7) is 10.2. The summed E-state index contributed by atoms with van der Waals surface area (Å²) in [6.07, 6.45) is 1.12. The molecular weight excluding hydrogens is 128 g/mol. The average Bonchev–Trinajstić information content (AvgIpc) is 1.61. The lowest BCUT2D eigenvalue weighted by Gasteiger charge is -2.04. The molecule has 2 N–H and O–H groups in total. The van der Waals surface area contributed by atoms with E-state index in [4.69, 9.17) is 10.2 Å². The predicted molar refractivity (Wildman–Crippen MR) is 43.8 cm³/mol. The standard InChI is InChI=1S/C4H10O.C4H8O/c1-4(2,3)5;1-3-4(2)5/h5H,1-3H3;3-5H,1H2,2H3. The minimum absolute atomic E-state index is 0.352. The van der Waals surface area contributed by atoms with Crippen molar-refractivity contribution < 1.29 is 10.2 Å². The minimum atomic E-state index is -0.500. The Hall–Kier alpha value is -0.340. The fraction of sp³-hybridized carbons (Fsp3) is 0.750. The van der Waals surface area contributed by atoms with Crippen LogP contribution < -0.4 is 0 Å². The molecule has 0 aromatic carbocycles. The number of aliphatic hydroxyl groups is 2. The molecule has 0 fully saturated rings. The zero-order valence-corrected chi connectivity index (χ0v) is 7.26. The van der Waals surface area contributed by atoms with Crippen molar-refractivity contribution in [2.45, 2.75) is 39.4 Å². The van der Waals surface area contributed by atoms with Crippen molar-refractivity contribution in [3.63, 3.8) is 0 Å². The molecule has 2 heteroatoms. The van der Waals surface area contributed by atoms with E-state index in [-0.39, 0.29) is 6.10 Å². The molecule has 10 heavy (non-hydrogen) atoms. The van der Waals surface area contributed by atoms with Gasteiger partial charge in [0.2, 0.25) is 0 Å². The Morgan fingerprint density at radius 2 is 1.50 bits per heavy atom. The van der Waals surface area contributed by atoms with E-state index < -0.39 is 5.60 Å². The zero-order valence-electron chi connectivity index (χ0n) is 7.26. The van der Waals surface area contributed by atoms with Crippen LogP contribution in [0.15, 0.2) is 12.7 Å². The van der Waals surface area contributed by atoms with E-state index >= 15 is 0 Å². The first-order valence-electron chi connectivity index (χ1n) is 3.30. The van der Waals surface area contributed by atoms with Crippen LogP contribution in [-0.4, -0.2) is 21.9 Å². The number of hydrogen-bond donors (Lipinski definition) is 2. The molecule has 0 radical (unpaired) electrons.